The molecule has 1 aromatic carbocycles. The predicted molar refractivity (Wildman–Crippen MR) is 115 cm³/mol. The summed E-state index contributed by atoms with van der Waals surface area (Å²) in [5.41, 5.74) is 1.35. The number of carbonyl (C=O) groups is 1. The number of aromatic nitrogens is 1. The lowest BCUT2D eigenvalue weighted by molar-refractivity contribution is -0.274. The van der Waals surface area contributed by atoms with Gasteiger partial charge in [-0.1, -0.05) is 6.07 Å². The highest BCUT2D eigenvalue weighted by molar-refractivity contribution is 7.97. The number of alkyl halides is 5. The molecule has 0 spiro atoms. The Morgan fingerprint density at radius 1 is 1.30 bits per heavy atom. The van der Waals surface area contributed by atoms with Gasteiger partial charge in [0.05, 0.1) is 6.54 Å². The van der Waals surface area contributed by atoms with E-state index in [0.29, 0.717) is 10.6 Å². The van der Waals surface area contributed by atoms with Gasteiger partial charge in [-0.3, -0.25) is 4.79 Å². The van der Waals surface area contributed by atoms with E-state index in [1.807, 2.05) is 6.92 Å². The van der Waals surface area contributed by atoms with E-state index < -0.39 is 24.6 Å². The molecule has 1 aliphatic heterocycles. The predicted octanol–water partition coefficient (Wildman–Crippen LogP) is 5.28. The van der Waals surface area contributed by atoms with Crippen LogP contribution in [0.2, 0.25) is 0 Å². The molecule has 0 saturated carbocycles. The first-order chi connectivity index (χ1) is 15.4. The molecule has 1 atom stereocenters. The number of carbonyl (C=O) groups excluding carboxylic acids is 1. The smallest absolute Gasteiger partial charge is 0.406 e. The summed E-state index contributed by atoms with van der Waals surface area (Å²) in [7, 11) is 0. The van der Waals surface area contributed by atoms with Gasteiger partial charge in [0.15, 0.2) is 0 Å². The third-order valence-electron chi connectivity index (χ3n) is 4.87. The van der Waals surface area contributed by atoms with Crippen LogP contribution in [0.3, 0.4) is 0 Å². The molecule has 2 heterocycles. The molecule has 3 rings (SSSR count). The summed E-state index contributed by atoms with van der Waals surface area (Å²) in [6, 6.07) is 7.10. The number of nitrogens with one attached hydrogen (secondary N) is 2. The number of ether oxygens (including phenoxy) is 1. The average molecular weight is 490 g/mol. The van der Waals surface area contributed by atoms with Crippen LogP contribution in [0.4, 0.5) is 33.5 Å². The number of anilines is 2. The van der Waals surface area contributed by atoms with Gasteiger partial charge >= 0.3 is 6.36 Å². The van der Waals surface area contributed by atoms with Crippen molar-refractivity contribution < 1.29 is 31.5 Å². The van der Waals surface area contributed by atoms with Crippen molar-refractivity contribution >= 4 is 29.4 Å². The number of piperidine rings is 1. The molecule has 1 unspecified atom stereocenters. The van der Waals surface area contributed by atoms with Crippen LogP contribution in [0.5, 0.6) is 5.75 Å². The van der Waals surface area contributed by atoms with Crippen molar-refractivity contribution in [3.05, 3.63) is 42.1 Å². The van der Waals surface area contributed by atoms with E-state index in [9.17, 15) is 26.7 Å². The number of halogens is 5. The summed E-state index contributed by atoms with van der Waals surface area (Å²) < 4.78 is 71.0. The Labute approximate surface area is 192 Å². The van der Waals surface area contributed by atoms with Gasteiger partial charge < -0.3 is 15.4 Å². The van der Waals surface area contributed by atoms with E-state index in [4.69, 9.17) is 0 Å². The highest BCUT2D eigenvalue weighted by atomic mass is 32.2. The number of hydrogen-bond donors (Lipinski definition) is 2. The molecule has 1 amide bonds. The number of nitrogens with zero attached hydrogens (tertiary/aromatic N) is 2. The van der Waals surface area contributed by atoms with Crippen LogP contribution in [0.1, 0.15) is 25.3 Å². The monoisotopic (exact) mass is 490 g/mol. The Balaban J connectivity index is 1.76. The lowest BCUT2D eigenvalue weighted by Gasteiger charge is -2.38. The fourth-order valence-corrected chi connectivity index (χ4v) is 4.48. The number of rotatable bonds is 7. The minimum absolute atomic E-state index is 0.129. The second-order valence-electron chi connectivity index (χ2n) is 7.68. The van der Waals surface area contributed by atoms with Gasteiger partial charge in [-0.05, 0) is 49.1 Å². The maximum absolute atomic E-state index is 14.1. The van der Waals surface area contributed by atoms with Gasteiger partial charge in [0.1, 0.15) is 11.6 Å². The van der Waals surface area contributed by atoms with Crippen LogP contribution in [-0.2, 0) is 4.79 Å². The molecular formula is C21H23F5N4O2S. The molecule has 33 heavy (non-hydrogen) atoms. The summed E-state index contributed by atoms with van der Waals surface area (Å²) in [4.78, 5) is 16.0. The summed E-state index contributed by atoms with van der Waals surface area (Å²) >= 11 is 1.16. The maximum atomic E-state index is 14.1. The van der Waals surface area contributed by atoms with Gasteiger partial charge in [0.25, 0.3) is 5.92 Å². The Kier molecular flexibility index (Phi) is 7.68. The highest BCUT2D eigenvalue weighted by Crippen LogP contribution is 2.38. The van der Waals surface area contributed by atoms with Crippen molar-refractivity contribution in [1.29, 1.82) is 0 Å². The van der Waals surface area contributed by atoms with Crippen LogP contribution in [0.15, 0.2) is 41.4 Å². The van der Waals surface area contributed by atoms with E-state index in [1.54, 1.807) is 22.5 Å². The molecule has 0 radical (unpaired) electrons. The topological polar surface area (TPSA) is 66.5 Å². The Hall–Kier alpha value is -2.60. The second-order valence-corrected chi connectivity index (χ2v) is 8.77. The van der Waals surface area contributed by atoms with Gasteiger partial charge in [0, 0.05) is 48.8 Å². The molecule has 6 nitrogen and oxygen atoms in total. The first-order valence-electron chi connectivity index (χ1n) is 10.1. The zero-order valence-corrected chi connectivity index (χ0v) is 18.7. The highest BCUT2D eigenvalue weighted by Gasteiger charge is 2.40. The first-order valence-corrected chi connectivity index (χ1v) is 10.8. The zero-order chi connectivity index (χ0) is 24.2. The van der Waals surface area contributed by atoms with E-state index in [2.05, 4.69) is 20.4 Å². The van der Waals surface area contributed by atoms with Gasteiger partial charge in [-0.25, -0.2) is 18.1 Å². The minimum atomic E-state index is -4.82. The Bertz CT molecular complexity index is 989. The minimum Gasteiger partial charge on any atom is -0.406 e. The van der Waals surface area contributed by atoms with Crippen molar-refractivity contribution in [3.63, 3.8) is 0 Å². The standard InChI is InChI=1S/C21H23F5N4O2S/c1-13-3-4-15(29-19-10-17(6-8-27-19)32-21(24,25)26)9-18(13)33-30-12-20(22,23)7-5-16(30)11-28-14(2)31/h3-4,6,8-10,16H,5,7,11-12H2,1-2H3,(H,27,29)(H,28,31). The average Bonchev–Trinajstić information content (AvgIpc) is 2.68. The van der Waals surface area contributed by atoms with Crippen LogP contribution in [0, 0.1) is 6.92 Å². The van der Waals surface area contributed by atoms with Gasteiger partial charge in [0.2, 0.25) is 5.91 Å². The molecule has 12 heteroatoms. The number of benzene rings is 1. The molecule has 1 saturated heterocycles. The van der Waals surface area contributed by atoms with Crippen LogP contribution in [-0.4, -0.2) is 46.6 Å². The third-order valence-corrected chi connectivity index (χ3v) is 6.16. The second kappa shape index (κ2) is 10.1. The Morgan fingerprint density at radius 3 is 2.76 bits per heavy atom. The molecule has 0 aliphatic carbocycles. The zero-order valence-electron chi connectivity index (χ0n) is 17.9. The van der Waals surface area contributed by atoms with E-state index in [1.165, 1.54) is 13.1 Å². The van der Waals surface area contributed by atoms with Gasteiger partial charge in [-0.15, -0.1) is 13.2 Å². The molecule has 1 aliphatic rings. The summed E-state index contributed by atoms with van der Waals surface area (Å²) in [5.74, 6) is -3.36. The molecule has 1 aromatic heterocycles. The fourth-order valence-electron chi connectivity index (χ4n) is 3.26. The summed E-state index contributed by atoms with van der Waals surface area (Å²) in [5, 5.41) is 5.59. The molecule has 1 fully saturated rings. The molecule has 180 valence electrons. The largest absolute Gasteiger partial charge is 0.573 e. The molecule has 0 bridgehead atoms. The SMILES string of the molecule is CC(=O)NCC1CCC(F)(F)CN1Sc1cc(Nc2cc(OC(F)(F)F)ccn2)ccc1C. The van der Waals surface area contributed by atoms with Crippen molar-refractivity contribution in [2.75, 3.05) is 18.4 Å². The van der Waals surface area contributed by atoms with Crippen molar-refractivity contribution in [3.8, 4) is 5.75 Å². The fraction of sp³-hybridized carbons (Fsp3) is 0.429. The molecule has 2 aromatic rings. The third kappa shape index (κ3) is 7.74. The number of amides is 1. The maximum Gasteiger partial charge on any atom is 0.573 e. The lowest BCUT2D eigenvalue weighted by atomic mass is 10.0. The van der Waals surface area contributed by atoms with Crippen LogP contribution < -0.4 is 15.4 Å². The molecular weight excluding hydrogens is 467 g/mol. The van der Waals surface area contributed by atoms with Crippen molar-refractivity contribution in [1.82, 2.24) is 14.6 Å². The number of hydrogen-bond acceptors (Lipinski definition) is 6. The van der Waals surface area contributed by atoms with E-state index >= 15 is 0 Å². The first kappa shape index (κ1) is 25.0. The van der Waals surface area contributed by atoms with Crippen molar-refractivity contribution in [2.45, 2.75) is 49.9 Å². The quantitative estimate of drug-likeness (QED) is 0.407. The number of pyridine rings is 1. The van der Waals surface area contributed by atoms with E-state index in [0.717, 1.165) is 29.6 Å². The summed E-state index contributed by atoms with van der Waals surface area (Å²) in [6.45, 7) is 2.99. The van der Waals surface area contributed by atoms with Gasteiger partial charge in [-0.2, -0.15) is 0 Å². The van der Waals surface area contributed by atoms with Crippen molar-refractivity contribution in [2.24, 2.45) is 0 Å². The number of aryl methyl sites for hydroxylation is 1. The molecule has 2 N–H and O–H groups in total. The van der Waals surface area contributed by atoms with E-state index in [-0.39, 0.29) is 37.2 Å². The Morgan fingerprint density at radius 2 is 2.06 bits per heavy atom. The normalized spacial score (nSPS) is 18.6. The summed E-state index contributed by atoms with van der Waals surface area (Å²) in [6.07, 6.45) is -3.67. The van der Waals surface area contributed by atoms with Crippen LogP contribution in [0.25, 0.3) is 0 Å². The van der Waals surface area contributed by atoms with Crippen LogP contribution >= 0.6 is 11.9 Å². The lowest BCUT2D eigenvalue weighted by Crippen LogP contribution is -2.49.